The molecule has 1 fully saturated rings. The molecule has 3 nitrogen and oxygen atoms in total. The Kier molecular flexibility index (Phi) is 3.87. The topological polar surface area (TPSA) is 29.9 Å². The van der Waals surface area contributed by atoms with E-state index < -0.39 is 0 Å². The van der Waals surface area contributed by atoms with Crippen LogP contribution in [0.25, 0.3) is 0 Å². The molecule has 0 radical (unpaired) electrons. The zero-order valence-electron chi connectivity index (χ0n) is 11.4. The van der Waals surface area contributed by atoms with E-state index in [0.29, 0.717) is 11.5 Å². The Morgan fingerprint density at radius 3 is 2.82 bits per heavy atom. The van der Waals surface area contributed by atoms with E-state index in [2.05, 4.69) is 48.1 Å². The molecule has 1 N–H and O–H groups in total. The molecule has 0 aliphatic heterocycles. The largest absolute Gasteiger partial charge is 0.311 e. The third-order valence-corrected chi connectivity index (χ3v) is 4.22. The molecular weight excluding hydrogens is 210 g/mol. The average Bonchev–Trinajstić information content (AvgIpc) is 2.98. The van der Waals surface area contributed by atoms with Crippen LogP contribution in [-0.4, -0.2) is 16.3 Å². The lowest BCUT2D eigenvalue weighted by atomic mass is 10.0. The van der Waals surface area contributed by atoms with E-state index in [-0.39, 0.29) is 0 Å². The van der Waals surface area contributed by atoms with Crippen LogP contribution in [0.2, 0.25) is 0 Å². The first-order valence-electron chi connectivity index (χ1n) is 6.94. The Balaban J connectivity index is 1.77. The van der Waals surface area contributed by atoms with Gasteiger partial charge in [-0.2, -0.15) is 5.10 Å². The fourth-order valence-electron chi connectivity index (χ4n) is 2.19. The summed E-state index contributed by atoms with van der Waals surface area (Å²) in [6.07, 6.45) is 7.34. The van der Waals surface area contributed by atoms with Crippen molar-refractivity contribution in [3.63, 3.8) is 0 Å². The summed E-state index contributed by atoms with van der Waals surface area (Å²) >= 11 is 0. The third-order valence-electron chi connectivity index (χ3n) is 4.22. The Labute approximate surface area is 105 Å². The van der Waals surface area contributed by atoms with Gasteiger partial charge < -0.3 is 5.32 Å². The van der Waals surface area contributed by atoms with E-state index >= 15 is 0 Å². The van der Waals surface area contributed by atoms with Gasteiger partial charge in [-0.15, -0.1) is 0 Å². The van der Waals surface area contributed by atoms with Crippen molar-refractivity contribution < 1.29 is 0 Å². The number of rotatable bonds is 7. The molecule has 17 heavy (non-hydrogen) atoms. The van der Waals surface area contributed by atoms with Crippen molar-refractivity contribution in [1.82, 2.24) is 15.1 Å². The van der Waals surface area contributed by atoms with Crippen molar-refractivity contribution >= 4 is 0 Å². The van der Waals surface area contributed by atoms with Crippen LogP contribution in [0.5, 0.6) is 0 Å². The predicted molar refractivity (Wildman–Crippen MR) is 70.9 cm³/mol. The molecule has 0 aromatic carbocycles. The van der Waals surface area contributed by atoms with E-state index in [1.165, 1.54) is 19.3 Å². The van der Waals surface area contributed by atoms with Gasteiger partial charge in [-0.05, 0) is 44.1 Å². The van der Waals surface area contributed by atoms with Gasteiger partial charge in [0.2, 0.25) is 0 Å². The summed E-state index contributed by atoms with van der Waals surface area (Å²) in [4.78, 5) is 0. The lowest BCUT2D eigenvalue weighted by molar-refractivity contribution is 0.436. The smallest absolute Gasteiger partial charge is 0.0762 e. The van der Waals surface area contributed by atoms with Crippen LogP contribution >= 0.6 is 0 Å². The second-order valence-electron chi connectivity index (χ2n) is 5.50. The monoisotopic (exact) mass is 235 g/mol. The normalized spacial score (nSPS) is 19.2. The second-order valence-corrected chi connectivity index (χ2v) is 5.50. The molecule has 1 aromatic rings. The minimum atomic E-state index is 0.508. The maximum atomic E-state index is 4.60. The van der Waals surface area contributed by atoms with Crippen molar-refractivity contribution in [3.05, 3.63) is 18.0 Å². The van der Waals surface area contributed by atoms with Crippen molar-refractivity contribution in [3.8, 4) is 0 Å². The molecule has 1 unspecified atom stereocenters. The number of hydrogen-bond acceptors (Lipinski definition) is 2. The molecule has 1 aliphatic rings. The van der Waals surface area contributed by atoms with Crippen LogP contribution in [0.1, 0.15) is 58.2 Å². The minimum absolute atomic E-state index is 0.508. The molecule has 0 saturated heterocycles. The van der Waals surface area contributed by atoms with Gasteiger partial charge in [-0.1, -0.05) is 13.8 Å². The summed E-state index contributed by atoms with van der Waals surface area (Å²) in [6, 6.07) is 2.64. The van der Waals surface area contributed by atoms with Gasteiger partial charge in [0.15, 0.2) is 0 Å². The molecule has 2 rings (SSSR count). The highest BCUT2D eigenvalue weighted by Crippen LogP contribution is 2.47. The van der Waals surface area contributed by atoms with Crippen LogP contribution < -0.4 is 5.32 Å². The van der Waals surface area contributed by atoms with E-state index in [9.17, 15) is 0 Å². The molecule has 1 heterocycles. The van der Waals surface area contributed by atoms with Gasteiger partial charge in [0.1, 0.15) is 0 Å². The maximum absolute atomic E-state index is 4.60. The summed E-state index contributed by atoms with van der Waals surface area (Å²) in [5.41, 5.74) is 1.79. The van der Waals surface area contributed by atoms with Crippen LogP contribution in [0.15, 0.2) is 12.3 Å². The van der Waals surface area contributed by atoms with Gasteiger partial charge in [0.05, 0.1) is 5.69 Å². The number of nitrogens with one attached hydrogen (secondary N) is 1. The Morgan fingerprint density at radius 1 is 1.47 bits per heavy atom. The first-order chi connectivity index (χ1) is 8.19. The standard InChI is InChI=1S/C14H25N3/c1-4-12(3)17-9-6-13(16-17)10-15-11-14(5-2)7-8-14/h6,9,12,15H,4-5,7-8,10-11H2,1-3H3. The minimum Gasteiger partial charge on any atom is -0.311 e. The third kappa shape index (κ3) is 3.09. The fraction of sp³-hybridized carbons (Fsp3) is 0.786. The van der Waals surface area contributed by atoms with Gasteiger partial charge in [-0.25, -0.2) is 0 Å². The predicted octanol–water partition coefficient (Wildman–Crippen LogP) is 3.13. The number of hydrogen-bond donors (Lipinski definition) is 1. The van der Waals surface area contributed by atoms with Gasteiger partial charge in [0.25, 0.3) is 0 Å². The van der Waals surface area contributed by atoms with E-state index in [1.807, 2.05) is 0 Å². The molecule has 0 amide bonds. The lowest BCUT2D eigenvalue weighted by Crippen LogP contribution is -2.23. The molecule has 1 saturated carbocycles. The molecule has 1 aliphatic carbocycles. The zero-order valence-corrected chi connectivity index (χ0v) is 11.4. The van der Waals surface area contributed by atoms with Gasteiger partial charge in [0, 0.05) is 25.3 Å². The van der Waals surface area contributed by atoms with E-state index in [4.69, 9.17) is 0 Å². The molecule has 96 valence electrons. The number of nitrogens with zero attached hydrogens (tertiary/aromatic N) is 2. The lowest BCUT2D eigenvalue weighted by Gasteiger charge is -2.12. The van der Waals surface area contributed by atoms with Gasteiger partial charge >= 0.3 is 0 Å². The fourth-order valence-corrected chi connectivity index (χ4v) is 2.19. The first-order valence-corrected chi connectivity index (χ1v) is 6.94. The van der Waals surface area contributed by atoms with Crippen molar-refractivity contribution in [2.45, 2.75) is 59.0 Å². The van der Waals surface area contributed by atoms with Crippen molar-refractivity contribution in [2.75, 3.05) is 6.54 Å². The van der Waals surface area contributed by atoms with E-state index in [0.717, 1.165) is 25.2 Å². The molecule has 3 heteroatoms. The van der Waals surface area contributed by atoms with Crippen molar-refractivity contribution in [2.24, 2.45) is 5.41 Å². The quantitative estimate of drug-likeness (QED) is 0.787. The number of aromatic nitrogens is 2. The summed E-state index contributed by atoms with van der Waals surface area (Å²) < 4.78 is 2.07. The molecule has 0 spiro atoms. The highest BCUT2D eigenvalue weighted by Gasteiger charge is 2.39. The average molecular weight is 235 g/mol. The highest BCUT2D eigenvalue weighted by atomic mass is 15.3. The van der Waals surface area contributed by atoms with Crippen LogP contribution in [-0.2, 0) is 6.54 Å². The molecular formula is C14H25N3. The zero-order chi connectivity index (χ0) is 12.3. The first kappa shape index (κ1) is 12.6. The Bertz CT molecular complexity index is 352. The van der Waals surface area contributed by atoms with Crippen LogP contribution in [0, 0.1) is 5.41 Å². The van der Waals surface area contributed by atoms with Crippen LogP contribution in [0.3, 0.4) is 0 Å². The molecule has 0 bridgehead atoms. The summed E-state index contributed by atoms with van der Waals surface area (Å²) in [7, 11) is 0. The maximum Gasteiger partial charge on any atom is 0.0762 e. The van der Waals surface area contributed by atoms with E-state index in [1.54, 1.807) is 0 Å². The van der Waals surface area contributed by atoms with Gasteiger partial charge in [-0.3, -0.25) is 4.68 Å². The SMILES string of the molecule is CCC(C)n1ccc(CNCC2(CC)CC2)n1. The molecule has 1 atom stereocenters. The summed E-state index contributed by atoms with van der Waals surface area (Å²) in [5.74, 6) is 0. The molecule has 1 aromatic heterocycles. The Hall–Kier alpha value is -0.830. The highest BCUT2D eigenvalue weighted by molar-refractivity contribution is 5.00. The summed E-state index contributed by atoms with van der Waals surface area (Å²) in [6.45, 7) is 8.76. The Morgan fingerprint density at radius 2 is 2.24 bits per heavy atom. The van der Waals surface area contributed by atoms with Crippen molar-refractivity contribution in [1.29, 1.82) is 0 Å². The van der Waals surface area contributed by atoms with Crippen LogP contribution in [0.4, 0.5) is 0 Å². The second kappa shape index (κ2) is 5.21. The summed E-state index contributed by atoms with van der Waals surface area (Å²) in [5, 5.41) is 8.15.